The molecule has 0 aliphatic heterocycles. The predicted molar refractivity (Wildman–Crippen MR) is 194 cm³/mol. The molecule has 18 nitrogen and oxygen atoms in total. The van der Waals surface area contributed by atoms with Crippen LogP contribution in [0.1, 0.15) is 23.1 Å². The van der Waals surface area contributed by atoms with Gasteiger partial charge in [-0.15, -0.1) is 0 Å². The number of rotatable bonds is 20. The number of hydrogen-bond donors (Lipinski definition) is 8. The third kappa shape index (κ3) is 14.3. The van der Waals surface area contributed by atoms with Gasteiger partial charge in [0.2, 0.25) is 23.6 Å². The molecule has 0 unspecified atom stereocenters. The number of ether oxygens (including phenoxy) is 1. The Morgan fingerprint density at radius 1 is 0.759 bits per heavy atom. The Balaban J connectivity index is 1.59. The molecule has 0 radical (unpaired) electrons. The molecule has 3 rings (SSSR count). The molecule has 19 heteroatoms. The Kier molecular flexibility index (Phi) is 16.5. The third-order valence-electron chi connectivity index (χ3n) is 7.62. The number of phenols is 2. The van der Waals surface area contributed by atoms with Crippen LogP contribution in [0.4, 0.5) is 10.5 Å². The normalized spacial score (nSPS) is 12.2. The molecule has 0 bridgehead atoms. The summed E-state index contributed by atoms with van der Waals surface area (Å²) >= 11 is 1.41. The lowest BCUT2D eigenvalue weighted by Gasteiger charge is -2.22. The van der Waals surface area contributed by atoms with Crippen LogP contribution in [0.2, 0.25) is 0 Å². The molecule has 0 aliphatic rings. The van der Waals surface area contributed by atoms with Gasteiger partial charge >= 0.3 is 17.7 Å². The third-order valence-corrected chi connectivity index (χ3v) is 8.26. The lowest BCUT2D eigenvalue weighted by molar-refractivity contribution is -0.385. The van der Waals surface area contributed by atoms with Crippen LogP contribution < -0.4 is 26.6 Å². The average Bonchev–Trinajstić information content (AvgIpc) is 3.14. The van der Waals surface area contributed by atoms with E-state index in [4.69, 9.17) is 4.74 Å². The highest BCUT2D eigenvalue weighted by Gasteiger charge is 2.27. The molecule has 0 aliphatic carbocycles. The molecule has 8 N–H and O–H groups in total. The van der Waals surface area contributed by atoms with Gasteiger partial charge in [-0.25, -0.2) is 9.59 Å². The number of carbonyl (C=O) groups is 6. The Morgan fingerprint density at radius 2 is 1.37 bits per heavy atom. The molecule has 0 saturated carbocycles. The molecular formula is C35H40N6O12S. The molecule has 54 heavy (non-hydrogen) atoms. The van der Waals surface area contributed by atoms with Crippen molar-refractivity contribution in [2.75, 3.05) is 25.1 Å². The van der Waals surface area contributed by atoms with Crippen molar-refractivity contribution in [2.24, 2.45) is 0 Å². The van der Waals surface area contributed by atoms with Crippen LogP contribution in [0.25, 0.3) is 0 Å². The van der Waals surface area contributed by atoms with Crippen LogP contribution in [-0.2, 0) is 48.2 Å². The monoisotopic (exact) mass is 768 g/mol. The van der Waals surface area contributed by atoms with Gasteiger partial charge in [0, 0.05) is 18.9 Å². The quantitative estimate of drug-likeness (QED) is 0.0592. The van der Waals surface area contributed by atoms with Crippen LogP contribution in [0.5, 0.6) is 11.5 Å². The van der Waals surface area contributed by atoms with Gasteiger partial charge in [-0.3, -0.25) is 29.3 Å². The fourth-order valence-electron chi connectivity index (χ4n) is 4.82. The summed E-state index contributed by atoms with van der Waals surface area (Å²) in [6.45, 7) is -1.67. The number of benzene rings is 3. The second kappa shape index (κ2) is 21.2. The maximum atomic E-state index is 13.1. The van der Waals surface area contributed by atoms with Crippen LogP contribution in [0.15, 0.2) is 72.8 Å². The largest absolute Gasteiger partial charge is 0.508 e. The van der Waals surface area contributed by atoms with Crippen LogP contribution in [-0.4, -0.2) is 99.2 Å². The van der Waals surface area contributed by atoms with E-state index in [9.17, 15) is 54.2 Å². The highest BCUT2D eigenvalue weighted by Crippen LogP contribution is 2.26. The first kappa shape index (κ1) is 42.0. The van der Waals surface area contributed by atoms with Gasteiger partial charge < -0.3 is 46.6 Å². The van der Waals surface area contributed by atoms with Gasteiger partial charge in [0.1, 0.15) is 30.5 Å². The Bertz CT molecular complexity index is 1790. The molecular weight excluding hydrogens is 728 g/mol. The minimum atomic E-state index is -1.31. The summed E-state index contributed by atoms with van der Waals surface area (Å²) in [5.41, 5.74) is 0.777. The van der Waals surface area contributed by atoms with E-state index >= 15 is 0 Å². The van der Waals surface area contributed by atoms with E-state index in [1.54, 1.807) is 36.6 Å². The molecule has 288 valence electrons. The second-order valence-electron chi connectivity index (χ2n) is 11.7. The van der Waals surface area contributed by atoms with Crippen molar-refractivity contribution in [3.8, 4) is 11.5 Å². The molecule has 0 fully saturated rings. The van der Waals surface area contributed by atoms with Crippen molar-refractivity contribution in [2.45, 2.75) is 44.0 Å². The van der Waals surface area contributed by atoms with E-state index < -0.39 is 89.9 Å². The molecule has 0 spiro atoms. The first-order valence-electron chi connectivity index (χ1n) is 16.3. The van der Waals surface area contributed by atoms with E-state index in [1.165, 1.54) is 42.1 Å². The maximum absolute atomic E-state index is 13.1. The van der Waals surface area contributed by atoms with Gasteiger partial charge in [-0.2, -0.15) is 11.8 Å². The zero-order valence-electron chi connectivity index (χ0n) is 29.0. The number of amides is 5. The topological polar surface area (TPSA) is 276 Å². The number of carbonyl (C=O) groups excluding carboxylic acids is 5. The molecule has 0 saturated heterocycles. The highest BCUT2D eigenvalue weighted by molar-refractivity contribution is 7.98. The number of phenolic OH excluding ortho intramolecular Hbond substituents is 2. The SMILES string of the molecule is CSCC[C@H](NC(=O)[C@H](Cc1ccccc1)NC(=O)CNC(=O)CNC(=O)[C@H](Cc1ccc(O)cc1)NC(=O)OCc1ccc(O)c([N+](=O)[O-])c1)C(=O)O. The average molecular weight is 769 g/mol. The Hall–Kier alpha value is -6.37. The molecule has 5 amide bonds. The fourth-order valence-corrected chi connectivity index (χ4v) is 5.29. The minimum Gasteiger partial charge on any atom is -0.508 e. The van der Waals surface area contributed by atoms with E-state index in [-0.39, 0.29) is 30.6 Å². The summed E-state index contributed by atoms with van der Waals surface area (Å²) in [6.07, 6.45) is 0.795. The summed E-state index contributed by atoms with van der Waals surface area (Å²) in [7, 11) is 0. The maximum Gasteiger partial charge on any atom is 0.408 e. The summed E-state index contributed by atoms with van der Waals surface area (Å²) in [5, 5.41) is 51.9. The predicted octanol–water partition coefficient (Wildman–Crippen LogP) is 1.13. The highest BCUT2D eigenvalue weighted by atomic mass is 32.2. The van der Waals surface area contributed by atoms with E-state index in [0.29, 0.717) is 16.9 Å². The lowest BCUT2D eigenvalue weighted by atomic mass is 10.0. The zero-order chi connectivity index (χ0) is 39.6. The van der Waals surface area contributed by atoms with Crippen molar-refractivity contribution in [1.29, 1.82) is 0 Å². The zero-order valence-corrected chi connectivity index (χ0v) is 29.8. The second-order valence-corrected chi connectivity index (χ2v) is 12.7. The van der Waals surface area contributed by atoms with Gasteiger partial charge in [-0.1, -0.05) is 48.5 Å². The smallest absolute Gasteiger partial charge is 0.408 e. The van der Waals surface area contributed by atoms with Gasteiger partial charge in [0.15, 0.2) is 5.75 Å². The van der Waals surface area contributed by atoms with Gasteiger partial charge in [-0.05, 0) is 53.3 Å². The fraction of sp³-hybridized carbons (Fsp3) is 0.314. The molecule has 0 aromatic heterocycles. The van der Waals surface area contributed by atoms with Gasteiger partial charge in [0.25, 0.3) is 0 Å². The number of nitro benzene ring substituents is 1. The summed E-state index contributed by atoms with van der Waals surface area (Å²) in [5.74, 6) is -4.49. The molecule has 3 aromatic rings. The van der Waals surface area contributed by atoms with Crippen LogP contribution in [0.3, 0.4) is 0 Å². The summed E-state index contributed by atoms with van der Waals surface area (Å²) < 4.78 is 5.11. The number of carboxylic acid groups (broad SMARTS) is 1. The molecule has 3 atom stereocenters. The number of aliphatic carboxylic acids is 1. The van der Waals surface area contributed by atoms with Crippen LogP contribution in [0, 0.1) is 10.1 Å². The molecule has 3 aromatic carbocycles. The minimum absolute atomic E-state index is 0.0317. The number of nitrogens with one attached hydrogen (secondary N) is 5. The van der Waals surface area contributed by atoms with Crippen LogP contribution >= 0.6 is 11.8 Å². The van der Waals surface area contributed by atoms with Crippen molar-refractivity contribution in [3.63, 3.8) is 0 Å². The number of hydrogen-bond acceptors (Lipinski definition) is 12. The first-order chi connectivity index (χ1) is 25.7. The number of nitro groups is 1. The number of aromatic hydroxyl groups is 2. The standard InChI is InChI=1S/C35H40N6O12S/c1-54-14-13-25(34(48)49)39-33(47)27(15-21-5-3-2-4-6-21)38-31(45)19-36-30(44)18-37-32(46)26(16-22-7-10-24(42)11-8-22)40-35(50)53-20-23-9-12-29(43)28(17-23)41(51)52/h2-12,17,25-27,42-43H,13-16,18-20H2,1H3,(H,36,44)(H,37,46)(H,38,45)(H,39,47)(H,40,50)(H,48,49)/t25-,26-,27-/m0/s1. The van der Waals surface area contributed by atoms with Crippen molar-refractivity contribution in [1.82, 2.24) is 26.6 Å². The molecule has 0 heterocycles. The Labute approximate surface area is 313 Å². The number of carboxylic acids is 1. The number of nitrogens with zero attached hydrogens (tertiary/aromatic N) is 1. The van der Waals surface area contributed by atoms with E-state index in [2.05, 4.69) is 26.6 Å². The van der Waals surface area contributed by atoms with Crippen molar-refractivity contribution >= 4 is 53.1 Å². The number of alkyl carbamates (subject to hydrolysis) is 1. The summed E-state index contributed by atoms with van der Waals surface area (Å²) in [4.78, 5) is 86.3. The van der Waals surface area contributed by atoms with E-state index in [1.807, 2.05) is 0 Å². The number of thioether (sulfide) groups is 1. The van der Waals surface area contributed by atoms with Crippen molar-refractivity contribution in [3.05, 3.63) is 99.6 Å². The van der Waals surface area contributed by atoms with E-state index in [0.717, 1.165) is 12.1 Å². The Morgan fingerprint density at radius 3 is 2.00 bits per heavy atom. The lowest BCUT2D eigenvalue weighted by Crippen LogP contribution is -2.54. The summed E-state index contributed by atoms with van der Waals surface area (Å²) in [6, 6.07) is 14.1. The first-order valence-corrected chi connectivity index (χ1v) is 17.7. The van der Waals surface area contributed by atoms with Crippen molar-refractivity contribution < 1.29 is 53.7 Å². The van der Waals surface area contributed by atoms with Gasteiger partial charge in [0.05, 0.1) is 18.0 Å².